The third-order valence-electron chi connectivity index (χ3n) is 5.98. The van der Waals surface area contributed by atoms with E-state index in [1.807, 2.05) is 36.4 Å². The fourth-order valence-corrected chi connectivity index (χ4v) is 5.42. The number of carbonyl (C=O) groups excluding carboxylic acids is 1. The van der Waals surface area contributed by atoms with Gasteiger partial charge >= 0.3 is 0 Å². The molecule has 6 rings (SSSR count). The van der Waals surface area contributed by atoms with E-state index in [-0.39, 0.29) is 11.4 Å². The number of thiophene rings is 1. The Bertz CT molecular complexity index is 1750. The highest BCUT2D eigenvalue weighted by atomic mass is 32.1. The van der Waals surface area contributed by atoms with Crippen molar-refractivity contribution in [2.45, 2.75) is 0 Å². The molecule has 0 saturated heterocycles. The third-order valence-corrected chi connectivity index (χ3v) is 7.09. The highest BCUT2D eigenvalue weighted by Gasteiger charge is 2.32. The van der Waals surface area contributed by atoms with Gasteiger partial charge in [-0.2, -0.15) is 10.5 Å². The Hall–Kier alpha value is -4.71. The van der Waals surface area contributed by atoms with Crippen LogP contribution in [0.1, 0.15) is 21.7 Å². The second-order valence-corrected chi connectivity index (χ2v) is 9.04. The van der Waals surface area contributed by atoms with Crippen molar-refractivity contribution in [2.24, 2.45) is 0 Å². The van der Waals surface area contributed by atoms with E-state index < -0.39 is 0 Å². The van der Waals surface area contributed by atoms with Crippen molar-refractivity contribution in [2.75, 3.05) is 0 Å². The minimum absolute atomic E-state index is 0.0866. The first-order valence-corrected chi connectivity index (χ1v) is 11.4. The Morgan fingerprint density at radius 3 is 2.35 bits per heavy atom. The van der Waals surface area contributed by atoms with Crippen molar-refractivity contribution in [1.29, 1.82) is 10.5 Å². The van der Waals surface area contributed by atoms with Gasteiger partial charge in [-0.25, -0.2) is 0 Å². The molecule has 0 radical (unpaired) electrons. The maximum atomic E-state index is 13.1. The van der Waals surface area contributed by atoms with Crippen molar-refractivity contribution in [3.8, 4) is 22.6 Å². The van der Waals surface area contributed by atoms with Crippen LogP contribution in [0.2, 0.25) is 0 Å². The van der Waals surface area contributed by atoms with Gasteiger partial charge < -0.3 is 4.42 Å². The third kappa shape index (κ3) is 3.08. The molecule has 0 unspecified atom stereocenters. The molecule has 2 heterocycles. The molecule has 1 aliphatic carbocycles. The van der Waals surface area contributed by atoms with E-state index in [9.17, 15) is 15.3 Å². The molecule has 2 aromatic heterocycles. The van der Waals surface area contributed by atoms with E-state index in [4.69, 9.17) is 4.42 Å². The second kappa shape index (κ2) is 7.71. The number of ketones is 1. The summed E-state index contributed by atoms with van der Waals surface area (Å²) in [4.78, 5) is 14.2. The van der Waals surface area contributed by atoms with Crippen LogP contribution in [0, 0.1) is 22.7 Å². The van der Waals surface area contributed by atoms with Crippen molar-refractivity contribution in [3.63, 3.8) is 0 Å². The lowest BCUT2D eigenvalue weighted by atomic mass is 9.99. The predicted molar refractivity (Wildman–Crippen MR) is 134 cm³/mol. The first-order chi connectivity index (χ1) is 16.7. The molecular weight excluding hydrogens is 440 g/mol. The fourth-order valence-electron chi connectivity index (χ4n) is 4.40. The van der Waals surface area contributed by atoms with Crippen molar-refractivity contribution in [3.05, 3.63) is 107 Å². The molecule has 0 N–H and O–H groups in total. The van der Waals surface area contributed by atoms with Gasteiger partial charge in [0.05, 0.1) is 4.70 Å². The fraction of sp³-hybridized carbons (Fsp3) is 0. The molecule has 0 fully saturated rings. The van der Waals surface area contributed by atoms with E-state index in [0.717, 1.165) is 20.7 Å². The number of furan rings is 1. The summed E-state index contributed by atoms with van der Waals surface area (Å²) in [5.41, 5.74) is 3.51. The Kier molecular flexibility index (Phi) is 4.52. The van der Waals surface area contributed by atoms with E-state index >= 15 is 0 Å². The number of nitriles is 2. The van der Waals surface area contributed by atoms with Gasteiger partial charge in [-0.3, -0.25) is 4.79 Å². The van der Waals surface area contributed by atoms with Crippen LogP contribution in [0.4, 0.5) is 0 Å². The maximum absolute atomic E-state index is 13.1. The Labute approximate surface area is 198 Å². The largest absolute Gasteiger partial charge is 0.456 e. The van der Waals surface area contributed by atoms with Gasteiger partial charge in [0, 0.05) is 33.7 Å². The SMILES string of the molecule is N#CC(C#N)=C1/C(=C/c2cc3sc(-c4ccc5ccccc5c4)cc3o2)C(=O)c2ccccc21. The van der Waals surface area contributed by atoms with Crippen molar-refractivity contribution < 1.29 is 9.21 Å². The summed E-state index contributed by atoms with van der Waals surface area (Å²) in [5, 5.41) is 21.3. The summed E-state index contributed by atoms with van der Waals surface area (Å²) in [7, 11) is 0. The summed E-state index contributed by atoms with van der Waals surface area (Å²) < 4.78 is 7.02. The predicted octanol–water partition coefficient (Wildman–Crippen LogP) is 7.40. The molecule has 34 heavy (non-hydrogen) atoms. The Morgan fingerprint density at radius 1 is 0.853 bits per heavy atom. The lowest BCUT2D eigenvalue weighted by Crippen LogP contribution is -1.95. The standard InChI is InChI=1S/C29H14N2O2S/c30-15-20(16-31)28-22-7-3-4-8-23(22)29(32)24(28)12-21-13-27-25(33-21)14-26(34-27)19-10-9-17-5-1-2-6-18(17)11-19/h1-14H/b24-12-. The van der Waals surface area contributed by atoms with Crippen LogP contribution in [-0.4, -0.2) is 5.78 Å². The Balaban J connectivity index is 1.42. The molecule has 5 heteroatoms. The monoisotopic (exact) mass is 454 g/mol. The van der Waals surface area contributed by atoms with Crippen LogP contribution >= 0.6 is 11.3 Å². The first kappa shape index (κ1) is 19.9. The minimum Gasteiger partial charge on any atom is -0.456 e. The van der Waals surface area contributed by atoms with Crippen LogP contribution in [0.25, 0.3) is 43.1 Å². The highest BCUT2D eigenvalue weighted by molar-refractivity contribution is 7.22. The summed E-state index contributed by atoms with van der Waals surface area (Å²) in [6.45, 7) is 0. The molecule has 0 spiro atoms. The van der Waals surface area contributed by atoms with Crippen molar-refractivity contribution in [1.82, 2.24) is 0 Å². The van der Waals surface area contributed by atoms with Gasteiger partial charge in [0.15, 0.2) is 5.78 Å². The molecule has 0 saturated carbocycles. The molecule has 3 aromatic carbocycles. The smallest absolute Gasteiger partial charge is 0.194 e. The number of hydrogen-bond acceptors (Lipinski definition) is 5. The maximum Gasteiger partial charge on any atom is 0.194 e. The highest BCUT2D eigenvalue weighted by Crippen LogP contribution is 2.41. The lowest BCUT2D eigenvalue weighted by molar-refractivity contribution is 0.104. The minimum atomic E-state index is -0.217. The number of rotatable bonds is 2. The van der Waals surface area contributed by atoms with Crippen LogP contribution in [0.3, 0.4) is 0 Å². The summed E-state index contributed by atoms with van der Waals surface area (Å²) in [6.07, 6.45) is 1.63. The number of hydrogen-bond donors (Lipinski definition) is 0. The van der Waals surface area contributed by atoms with Gasteiger partial charge in [-0.05, 0) is 34.0 Å². The second-order valence-electron chi connectivity index (χ2n) is 7.96. The van der Waals surface area contributed by atoms with Gasteiger partial charge in [0.25, 0.3) is 0 Å². The number of fused-ring (bicyclic) bond motifs is 3. The lowest BCUT2D eigenvalue weighted by Gasteiger charge is -2.01. The zero-order valence-corrected chi connectivity index (χ0v) is 18.5. The normalized spacial score (nSPS) is 13.9. The van der Waals surface area contributed by atoms with Crippen molar-refractivity contribution >= 4 is 49.8 Å². The zero-order chi connectivity index (χ0) is 23.2. The zero-order valence-electron chi connectivity index (χ0n) is 17.7. The topological polar surface area (TPSA) is 77.8 Å². The molecular formula is C29H14N2O2S. The first-order valence-electron chi connectivity index (χ1n) is 10.6. The number of carbonyl (C=O) groups is 1. The number of nitrogens with zero attached hydrogens (tertiary/aromatic N) is 2. The van der Waals surface area contributed by atoms with E-state index in [2.05, 4.69) is 30.3 Å². The average molecular weight is 455 g/mol. The molecule has 0 bridgehead atoms. The van der Waals surface area contributed by atoms with Crippen LogP contribution in [0.5, 0.6) is 0 Å². The van der Waals surface area contributed by atoms with E-state index in [1.54, 1.807) is 41.7 Å². The van der Waals surface area contributed by atoms with Gasteiger partial charge in [-0.15, -0.1) is 11.3 Å². The number of benzene rings is 3. The molecule has 1 aliphatic rings. The summed E-state index contributed by atoms with van der Waals surface area (Å²) >= 11 is 1.62. The average Bonchev–Trinajstić information content (AvgIpc) is 3.52. The van der Waals surface area contributed by atoms with Gasteiger partial charge in [-0.1, -0.05) is 60.7 Å². The number of allylic oxidation sites excluding steroid dienone is 3. The van der Waals surface area contributed by atoms with E-state index in [0.29, 0.717) is 28.0 Å². The van der Waals surface area contributed by atoms with Gasteiger partial charge in [0.1, 0.15) is 29.1 Å². The van der Waals surface area contributed by atoms with Gasteiger partial charge in [0.2, 0.25) is 0 Å². The molecule has 4 nitrogen and oxygen atoms in total. The quantitative estimate of drug-likeness (QED) is 0.206. The number of Topliss-reactive ketones (excluding diaryl/α,β-unsaturated/α-hetero) is 1. The summed E-state index contributed by atoms with van der Waals surface area (Å²) in [6, 6.07) is 29.4. The molecule has 0 atom stereocenters. The molecule has 0 amide bonds. The molecule has 0 aliphatic heterocycles. The van der Waals surface area contributed by atoms with Crippen LogP contribution in [0.15, 0.2) is 94.4 Å². The van der Waals surface area contributed by atoms with Crippen LogP contribution < -0.4 is 0 Å². The van der Waals surface area contributed by atoms with E-state index in [1.165, 1.54) is 10.8 Å². The molecule has 158 valence electrons. The summed E-state index contributed by atoms with van der Waals surface area (Å²) in [5.74, 6) is 0.292. The van der Waals surface area contributed by atoms with Crippen LogP contribution in [-0.2, 0) is 0 Å². The Morgan fingerprint density at radius 2 is 1.59 bits per heavy atom. The molecule has 5 aromatic rings.